The summed E-state index contributed by atoms with van der Waals surface area (Å²) >= 11 is 25.1. The molecule has 0 amide bonds. The zero-order valence-corrected chi connectivity index (χ0v) is 18.8. The smallest absolute Gasteiger partial charge is 0.175 e. The molecule has 1 heterocycles. The molecule has 0 bridgehead atoms. The van der Waals surface area contributed by atoms with Crippen molar-refractivity contribution in [3.8, 4) is 0 Å². The molecule has 11 heteroatoms. The highest BCUT2D eigenvalue weighted by Gasteiger charge is 2.52. The van der Waals surface area contributed by atoms with Gasteiger partial charge in [-0.25, -0.2) is 0 Å². The molecule has 0 aromatic carbocycles. The molecule has 0 aromatic heterocycles. The Labute approximate surface area is 104 Å². The minimum atomic E-state index is -2.38. The third kappa shape index (κ3) is 3.36. The zero-order valence-electron chi connectivity index (χ0n) is 6.75. The summed E-state index contributed by atoms with van der Waals surface area (Å²) in [4.78, 5) is 0. The van der Waals surface area contributed by atoms with E-state index < -0.39 is 11.5 Å². The first kappa shape index (κ1) is 12.7. The maximum absolute atomic E-state index is 6.68. The van der Waals surface area contributed by atoms with Gasteiger partial charge in [0.1, 0.15) is 0 Å². The van der Waals surface area contributed by atoms with Crippen LogP contribution in [0.5, 0.6) is 0 Å². The Hall–Kier alpha value is 2.68. The molecule has 1 aliphatic rings. The molecular weight excluding hydrogens is 350 g/mol. The molecule has 0 nitrogen and oxygen atoms in total. The number of hydrogen-bond donors (Lipinski definition) is 0. The Kier molecular flexibility index (Phi) is 5.46. The Morgan fingerprint density at radius 2 is 1.75 bits per heavy atom. The second kappa shape index (κ2) is 5.14. The van der Waals surface area contributed by atoms with Gasteiger partial charge in [0.2, 0.25) is 0 Å². The maximum Gasteiger partial charge on any atom is 0.334 e. The van der Waals surface area contributed by atoms with Gasteiger partial charge >= 0.3 is 5.52 Å². The van der Waals surface area contributed by atoms with Gasteiger partial charge in [0.05, 0.1) is 0 Å². The Morgan fingerprint density at radius 3 is 2.33 bits per heavy atom. The summed E-state index contributed by atoms with van der Waals surface area (Å²) in [5, 5.41) is 0. The van der Waals surface area contributed by atoms with E-state index >= 15 is 0 Å². The quantitative estimate of drug-likeness (QED) is 0.370. The highest BCUT2D eigenvalue weighted by atomic mass is 35.9. The summed E-state index contributed by atoms with van der Waals surface area (Å²) in [6.07, 6.45) is 0. The van der Waals surface area contributed by atoms with Crippen LogP contribution in [0.25, 0.3) is 0 Å². The van der Waals surface area contributed by atoms with Gasteiger partial charge < -0.3 is 0 Å². The van der Waals surface area contributed by atoms with Crippen molar-refractivity contribution >= 4 is 99.5 Å². The summed E-state index contributed by atoms with van der Waals surface area (Å²) in [6, 6.07) is 0. The van der Waals surface area contributed by atoms with Gasteiger partial charge in [-0.3, -0.25) is 0 Å². The van der Waals surface area contributed by atoms with Gasteiger partial charge in [-0.2, -0.15) is 11.1 Å². The van der Waals surface area contributed by atoms with E-state index in [0.29, 0.717) is 17.6 Å². The van der Waals surface area contributed by atoms with Crippen molar-refractivity contribution < 1.29 is 0 Å². The summed E-state index contributed by atoms with van der Waals surface area (Å²) in [6.45, 7) is 0. The summed E-state index contributed by atoms with van der Waals surface area (Å²) in [5.74, 6) is -1.55. The van der Waals surface area contributed by atoms with Crippen LogP contribution in [0.2, 0.25) is 5.67 Å². The van der Waals surface area contributed by atoms with Gasteiger partial charge in [-0.05, 0) is 8.55 Å². The fraction of sp³-hybridized carbons (Fsp3) is 1.00. The largest absolute Gasteiger partial charge is 0.334 e. The van der Waals surface area contributed by atoms with E-state index in [9.17, 15) is 0 Å². The molecule has 1 aliphatic heterocycles. The average Bonchev–Trinajstić information content (AvgIpc) is 2.12. The fourth-order valence-corrected chi connectivity index (χ4v) is 239. The van der Waals surface area contributed by atoms with E-state index in [-0.39, 0.29) is 26.1 Å². The Morgan fingerprint density at radius 1 is 1.08 bits per heavy atom. The van der Waals surface area contributed by atoms with Crippen LogP contribution in [0.3, 0.4) is 0 Å². The lowest BCUT2D eigenvalue weighted by Gasteiger charge is -2.27. The average molecular weight is 363 g/mol. The van der Waals surface area contributed by atoms with Crippen LogP contribution in [0.1, 0.15) is 0 Å². The van der Waals surface area contributed by atoms with Crippen molar-refractivity contribution in [3.05, 3.63) is 0 Å². The SMILES string of the molecule is Cl[Si](Cl)(Cl)[Si]1(Cl)[SiH2][SiH2]C[SiH2][SiH2][SiH2]1. The molecule has 0 aromatic rings. The lowest BCUT2D eigenvalue weighted by atomic mass is 11.9. The molecule has 1 unspecified atom stereocenters. The first-order valence-electron chi connectivity index (χ1n) is 4.21. The number of hydrogen-bond acceptors (Lipinski definition) is 0. The predicted molar refractivity (Wildman–Crippen MR) is 82.4 cm³/mol. The standard InChI is InChI=1S/CH12Cl4Si7/c2-11(3,4)12(5)9-7-1-6-8-10-12/h1,6-10H2. The molecule has 12 heavy (non-hydrogen) atoms. The molecule has 0 radical (unpaired) electrons. The normalized spacial score (nSPS) is 43.0. The molecule has 0 aliphatic carbocycles. The molecule has 1 fully saturated rings. The third-order valence-corrected chi connectivity index (χ3v) is 145. The van der Waals surface area contributed by atoms with E-state index in [1.165, 1.54) is 0 Å². The lowest BCUT2D eigenvalue weighted by molar-refractivity contribution is 2.10. The summed E-state index contributed by atoms with van der Waals surface area (Å²) in [5.41, 5.74) is -0.680. The molecule has 0 spiro atoms. The monoisotopic (exact) mass is 360 g/mol. The van der Waals surface area contributed by atoms with Crippen LogP contribution < -0.4 is 0 Å². The molecule has 1 rings (SSSR count). The predicted octanol–water partition coefficient (Wildman–Crippen LogP) is -2.12. The second-order valence-corrected chi connectivity index (χ2v) is 72.1. The number of halogens is 4. The molecule has 0 N–H and O–H groups in total. The topological polar surface area (TPSA) is 0 Å². The second-order valence-electron chi connectivity index (χ2n) is 3.38. The first-order valence-corrected chi connectivity index (χ1v) is 31.9. The van der Waals surface area contributed by atoms with Gasteiger partial charge in [0.15, 0.2) is 5.94 Å². The van der Waals surface area contributed by atoms with Crippen molar-refractivity contribution in [3.63, 3.8) is 0 Å². The van der Waals surface area contributed by atoms with Crippen molar-refractivity contribution in [2.45, 2.75) is 5.67 Å². The van der Waals surface area contributed by atoms with Gasteiger partial charge in [0.25, 0.3) is 0 Å². The minimum Gasteiger partial charge on any atom is -0.175 e. The minimum absolute atomic E-state index is 0.0274. The van der Waals surface area contributed by atoms with Crippen molar-refractivity contribution in [1.82, 2.24) is 0 Å². The summed E-state index contributed by atoms with van der Waals surface area (Å²) < 4.78 is 0. The lowest BCUT2D eigenvalue weighted by Crippen LogP contribution is -2.61. The van der Waals surface area contributed by atoms with Gasteiger partial charge in [-0.1, -0.05) is 5.67 Å². The molecule has 1 atom stereocenters. The van der Waals surface area contributed by atoms with Crippen LogP contribution in [-0.4, -0.2) is 55.2 Å². The Bertz CT molecular complexity index is 146. The van der Waals surface area contributed by atoms with E-state index in [1.54, 1.807) is 5.67 Å². The Balaban J connectivity index is 2.67. The van der Waals surface area contributed by atoms with Crippen LogP contribution in [-0.2, 0) is 0 Å². The van der Waals surface area contributed by atoms with Crippen LogP contribution in [0, 0.1) is 0 Å². The van der Waals surface area contributed by atoms with Gasteiger partial charge in [0, 0.05) is 35.2 Å². The van der Waals surface area contributed by atoms with Crippen LogP contribution in [0.4, 0.5) is 0 Å². The van der Waals surface area contributed by atoms with Crippen LogP contribution in [0.15, 0.2) is 0 Å². The van der Waals surface area contributed by atoms with Crippen molar-refractivity contribution in [2.75, 3.05) is 0 Å². The molecular formula is CH12Cl4Si7. The van der Waals surface area contributed by atoms with E-state index in [0.717, 1.165) is 0 Å². The third-order valence-electron chi connectivity index (χ3n) is 2.40. The van der Waals surface area contributed by atoms with E-state index in [4.69, 9.17) is 44.3 Å². The molecule has 0 saturated carbocycles. The highest BCUT2D eigenvalue weighted by molar-refractivity contribution is 8.16. The first-order chi connectivity index (χ1) is 5.46. The van der Waals surface area contributed by atoms with Gasteiger partial charge in [-0.15, -0.1) is 33.2 Å². The summed E-state index contributed by atoms with van der Waals surface area (Å²) in [7, 11) is 1.14. The van der Waals surface area contributed by atoms with E-state index in [2.05, 4.69) is 0 Å². The van der Waals surface area contributed by atoms with Crippen molar-refractivity contribution in [1.29, 1.82) is 0 Å². The maximum atomic E-state index is 6.68. The zero-order chi connectivity index (χ0) is 9.24. The number of rotatable bonds is 1. The molecule has 1 saturated heterocycles. The molecule has 72 valence electrons. The van der Waals surface area contributed by atoms with E-state index in [1.807, 2.05) is 0 Å². The van der Waals surface area contributed by atoms with Crippen LogP contribution >= 0.6 is 44.3 Å². The highest BCUT2D eigenvalue weighted by Crippen LogP contribution is 2.32. The fourth-order valence-electron chi connectivity index (χ4n) is 1.57. The van der Waals surface area contributed by atoms with Crippen molar-refractivity contribution in [2.24, 2.45) is 0 Å².